The van der Waals surface area contributed by atoms with Crippen molar-refractivity contribution < 1.29 is 56.2 Å². The number of nitrogens with zero attached hydrogens (tertiary/aromatic N) is 5. The largest absolute Gasteiger partial charge is 0.474 e. The van der Waals surface area contributed by atoms with Crippen molar-refractivity contribution in [2.75, 3.05) is 18.5 Å². The Morgan fingerprint density at radius 3 is 2.52 bits per heavy atom. The fourth-order valence-electron chi connectivity index (χ4n) is 7.15. The average molecular weight is 953 g/mol. The number of nitrogens with two attached hydrogens (primary N) is 1. The number of imidazole rings is 1. The maximum atomic E-state index is 13.8. The molecule has 7 N–H and O–H groups in total. The molecule has 5 heterocycles. The molecule has 11 atom stereocenters. The molecule has 340 valence electrons. The van der Waals surface area contributed by atoms with Crippen LogP contribution in [0.25, 0.3) is 11.2 Å². The van der Waals surface area contributed by atoms with Gasteiger partial charge in [-0.05, 0) is 30.9 Å². The van der Waals surface area contributed by atoms with Crippen molar-refractivity contribution in [1.29, 1.82) is 0 Å². The number of benzene rings is 1. The van der Waals surface area contributed by atoms with Gasteiger partial charge in [0.2, 0.25) is 23.6 Å². The minimum Gasteiger partial charge on any atom is -0.474 e. The zero-order chi connectivity index (χ0) is 45.2. The number of rotatable bonds is 11. The van der Waals surface area contributed by atoms with E-state index in [1.807, 2.05) is 0 Å². The second-order valence-corrected chi connectivity index (χ2v) is 21.1. The van der Waals surface area contributed by atoms with Crippen molar-refractivity contribution in [1.82, 2.24) is 40.1 Å². The lowest BCUT2D eigenvalue weighted by Crippen LogP contribution is -2.51. The number of hydrogen-bond donors (Lipinski definition) is 8. The van der Waals surface area contributed by atoms with Crippen LogP contribution in [0, 0.1) is 11.8 Å². The van der Waals surface area contributed by atoms with E-state index in [1.165, 1.54) is 30.1 Å². The fraction of sp³-hybridized carbons (Fsp3) is 0.500. The van der Waals surface area contributed by atoms with E-state index in [-0.39, 0.29) is 48.2 Å². The molecular weight excluding hydrogens is 907 g/mol. The van der Waals surface area contributed by atoms with Crippen LogP contribution in [-0.2, 0) is 48.1 Å². The number of carbonyl (C=O) groups excluding carboxylic acids is 3. The third kappa shape index (κ3) is 11.2. The van der Waals surface area contributed by atoms with Crippen LogP contribution in [0.5, 0.6) is 5.88 Å². The molecule has 7 rings (SSSR count). The normalized spacial score (nSPS) is 29.7. The van der Waals surface area contributed by atoms with Crippen LogP contribution in [0.1, 0.15) is 55.8 Å². The molecule has 3 aromatic heterocycles. The van der Waals surface area contributed by atoms with Crippen molar-refractivity contribution in [3.8, 4) is 5.88 Å². The number of aliphatic hydroxyl groups is 1. The van der Waals surface area contributed by atoms with Gasteiger partial charge in [0.1, 0.15) is 36.8 Å². The van der Waals surface area contributed by atoms with Crippen LogP contribution in [0.2, 0.25) is 0 Å². The van der Waals surface area contributed by atoms with Crippen LogP contribution in [0.15, 0.2) is 54.0 Å². The first-order valence-electron chi connectivity index (χ1n) is 19.7. The van der Waals surface area contributed by atoms with Crippen molar-refractivity contribution in [3.63, 3.8) is 0 Å². The second kappa shape index (κ2) is 19.5. The maximum Gasteiger partial charge on any atom is 0.386 e. The summed E-state index contributed by atoms with van der Waals surface area (Å²) in [6, 6.07) is 6.20. The van der Waals surface area contributed by atoms with E-state index in [4.69, 9.17) is 33.3 Å². The number of H-pyrrole nitrogens is 1. The summed E-state index contributed by atoms with van der Waals surface area (Å²) >= 11 is 8.37. The first-order valence-corrected chi connectivity index (χ1v) is 25.0. The van der Waals surface area contributed by atoms with Gasteiger partial charge in [-0.15, -0.1) is 0 Å². The van der Waals surface area contributed by atoms with E-state index in [0.717, 1.165) is 6.33 Å². The average Bonchev–Trinajstić information content (AvgIpc) is 3.92. The molecule has 2 bridgehead atoms. The summed E-state index contributed by atoms with van der Waals surface area (Å²) in [6.45, 7) is -4.33. The summed E-state index contributed by atoms with van der Waals surface area (Å²) < 4.78 is 63.7. The first kappa shape index (κ1) is 46.7. The van der Waals surface area contributed by atoms with E-state index in [9.17, 15) is 33.4 Å². The molecule has 1 saturated carbocycles. The molecule has 63 heavy (non-hydrogen) atoms. The van der Waals surface area contributed by atoms with Crippen molar-refractivity contribution in [2.24, 2.45) is 17.6 Å². The van der Waals surface area contributed by atoms with Gasteiger partial charge in [0.15, 0.2) is 17.4 Å². The SMILES string of the molecule is CC(C)[C@H](N)C(=O)N[C@@H](C)C(=O)NCc1ccccc1C(=O)Nc1nc2c(ncn2[C@@H]2O[C@@H]3CO[P@@](=O)(S)O[C@H]4C[C@H](Oc5ccncn5)C[C@@H]4CO[P@@](=O)(S)O[C@@H]2[C@@H]3O)c(=O)[nH]1. The molecule has 4 aromatic rings. The number of fused-ring (bicyclic) bond motifs is 4. The van der Waals surface area contributed by atoms with E-state index < -0.39 is 98.2 Å². The number of anilines is 1. The van der Waals surface area contributed by atoms with Gasteiger partial charge in [-0.2, -0.15) is 4.98 Å². The molecule has 2 aliphatic heterocycles. The quantitative estimate of drug-likeness (QED) is 0.0790. The highest BCUT2D eigenvalue weighted by Crippen LogP contribution is 2.60. The van der Waals surface area contributed by atoms with Crippen LogP contribution >= 0.6 is 38.1 Å². The number of hydrogen-bond acceptors (Lipinski definition) is 18. The molecule has 3 aliphatic rings. The molecule has 3 amide bonds. The minimum absolute atomic E-state index is 0.101. The number of aromatic amines is 1. The fourth-order valence-corrected chi connectivity index (χ4v) is 10.2. The third-order valence-corrected chi connectivity index (χ3v) is 13.8. The maximum absolute atomic E-state index is 13.8. The van der Waals surface area contributed by atoms with Gasteiger partial charge in [0.05, 0.1) is 31.7 Å². The monoisotopic (exact) mass is 952 g/mol. The number of nitrogens with one attached hydrogen (secondary N) is 4. The predicted molar refractivity (Wildman–Crippen MR) is 229 cm³/mol. The van der Waals surface area contributed by atoms with Crippen LogP contribution in [0.3, 0.4) is 0 Å². The second-order valence-electron chi connectivity index (χ2n) is 15.4. The third-order valence-electron chi connectivity index (χ3n) is 10.5. The van der Waals surface area contributed by atoms with E-state index >= 15 is 0 Å². The van der Waals surface area contributed by atoms with Crippen LogP contribution < -0.4 is 32.0 Å². The van der Waals surface area contributed by atoms with Crippen LogP contribution in [-0.4, -0.2) is 108 Å². The highest BCUT2D eigenvalue weighted by molar-refractivity contribution is 8.44. The Hall–Kier alpha value is -4.26. The van der Waals surface area contributed by atoms with Gasteiger partial charge < -0.3 is 35.5 Å². The lowest BCUT2D eigenvalue weighted by molar-refractivity contribution is -0.129. The summed E-state index contributed by atoms with van der Waals surface area (Å²) in [5, 5.41) is 19.3. The molecule has 2 saturated heterocycles. The summed E-state index contributed by atoms with van der Waals surface area (Å²) in [5.41, 5.74) is 5.27. The topological polar surface area (TPSA) is 312 Å². The minimum atomic E-state index is -4.33. The number of carbonyl (C=O) groups is 3. The number of aliphatic hydroxyl groups excluding tert-OH is 1. The smallest absolute Gasteiger partial charge is 0.386 e. The van der Waals surface area contributed by atoms with Crippen molar-refractivity contribution in [3.05, 3.63) is 70.7 Å². The Morgan fingerprint density at radius 1 is 1.03 bits per heavy atom. The van der Waals surface area contributed by atoms with Gasteiger partial charge in [0, 0.05) is 36.7 Å². The standard InChI is InChI=1S/C36H46N10O13P2S2/c1-17(2)26(37)33(50)42-18(3)31(48)39-12-19-6-4-5-7-22(19)32(49)44-36-43-30-27(34(51)45-36)41-16-46(30)35-29-28(47)24(57-35)14-55-60(52,62)58-23-11-21(56-25-8-9-38-15-40-25)10-20(23)13-54-61(53,63)59-29/h4-9,15-18,20-21,23-24,26,28-29,35,47H,10-14,37H2,1-3H3,(H,39,48)(H,42,50)(H,52,62)(H,53,63)(H2,43,44,45,49,51)/t18-,20+,21+,23-,24+,26-,28+,29+,35+,60+,61+/m0/s1. The van der Waals surface area contributed by atoms with Gasteiger partial charge >= 0.3 is 13.6 Å². The van der Waals surface area contributed by atoms with Gasteiger partial charge in [-0.3, -0.25) is 47.6 Å². The molecule has 3 fully saturated rings. The highest BCUT2D eigenvalue weighted by Gasteiger charge is 2.51. The Morgan fingerprint density at radius 2 is 1.78 bits per heavy atom. The zero-order valence-corrected chi connectivity index (χ0v) is 37.5. The van der Waals surface area contributed by atoms with Gasteiger partial charge in [-0.25, -0.2) is 24.1 Å². The number of aromatic nitrogens is 6. The number of amides is 3. The first-order chi connectivity index (χ1) is 29.9. The number of thiol groups is 2. The molecule has 1 aliphatic carbocycles. The Labute approximate surface area is 369 Å². The molecule has 0 spiro atoms. The summed E-state index contributed by atoms with van der Waals surface area (Å²) in [5.74, 6) is -2.43. The van der Waals surface area contributed by atoms with Crippen molar-refractivity contribution in [2.45, 2.75) is 89.0 Å². The van der Waals surface area contributed by atoms with E-state index in [2.05, 4.69) is 65.4 Å². The highest BCUT2D eigenvalue weighted by atomic mass is 32.7. The lowest BCUT2D eigenvalue weighted by atomic mass is 10.0. The Kier molecular flexibility index (Phi) is 14.4. The summed E-state index contributed by atoms with van der Waals surface area (Å²) in [4.78, 5) is 71.2. The van der Waals surface area contributed by atoms with Crippen molar-refractivity contribution >= 4 is 72.9 Å². The summed E-state index contributed by atoms with van der Waals surface area (Å²) in [6.07, 6.45) is -2.63. The predicted octanol–water partition coefficient (Wildman–Crippen LogP) is 2.28. The Balaban J connectivity index is 1.08. The lowest BCUT2D eigenvalue weighted by Gasteiger charge is -2.26. The van der Waals surface area contributed by atoms with Gasteiger partial charge in [0.25, 0.3) is 11.5 Å². The van der Waals surface area contributed by atoms with E-state index in [0.29, 0.717) is 17.9 Å². The van der Waals surface area contributed by atoms with E-state index in [1.54, 1.807) is 38.1 Å². The van der Waals surface area contributed by atoms with Gasteiger partial charge in [-0.1, -0.05) is 56.5 Å². The molecule has 27 heteroatoms. The molecular formula is C36H46N10O13P2S2. The molecule has 23 nitrogen and oxygen atoms in total. The zero-order valence-electron chi connectivity index (χ0n) is 33.9. The summed E-state index contributed by atoms with van der Waals surface area (Å²) in [7, 11) is 0. The molecule has 0 unspecified atom stereocenters. The molecule has 0 radical (unpaired) electrons. The van der Waals surface area contributed by atoms with Crippen LogP contribution in [0.4, 0.5) is 5.95 Å². The molecule has 1 aromatic carbocycles. The number of ether oxygens (including phenoxy) is 2. The Bertz CT molecular complexity index is 2490.